The van der Waals surface area contributed by atoms with Crippen LogP contribution >= 0.6 is 34.0 Å². The van der Waals surface area contributed by atoms with Crippen LogP contribution in [-0.4, -0.2) is 11.1 Å². The SMILES string of the molecule is CC1(C)c2ccccc2-c2ccc(N(c3ccc(-c4cc5sc(-c6ccc(/C=C(/C#N)C(=O)O)s6)cc5s4)cc3)c3ccc4c(c3)C(C)(C)c3ccccc3-4)cc21. The Bertz CT molecular complexity index is 2880. The zero-order chi connectivity index (χ0) is 39.2. The minimum atomic E-state index is -1.21. The highest BCUT2D eigenvalue weighted by Crippen LogP contribution is 2.53. The van der Waals surface area contributed by atoms with Crippen molar-refractivity contribution in [3.05, 3.63) is 166 Å². The van der Waals surface area contributed by atoms with E-state index in [-0.39, 0.29) is 16.4 Å². The van der Waals surface area contributed by atoms with Gasteiger partial charge in [0, 0.05) is 56.8 Å². The molecule has 1 N–H and O–H groups in total. The summed E-state index contributed by atoms with van der Waals surface area (Å²) < 4.78 is 2.43. The van der Waals surface area contributed by atoms with Gasteiger partial charge < -0.3 is 10.0 Å². The first kappa shape index (κ1) is 35.4. The van der Waals surface area contributed by atoms with Gasteiger partial charge in [0.2, 0.25) is 0 Å². The lowest BCUT2D eigenvalue weighted by Crippen LogP contribution is -2.18. The van der Waals surface area contributed by atoms with Crippen LogP contribution in [0.5, 0.6) is 0 Å². The van der Waals surface area contributed by atoms with Crippen molar-refractivity contribution in [2.75, 3.05) is 4.90 Å². The minimum absolute atomic E-state index is 0.116. The van der Waals surface area contributed by atoms with Gasteiger partial charge in [-0.2, -0.15) is 5.26 Å². The Morgan fingerprint density at radius 1 is 0.579 bits per heavy atom. The van der Waals surface area contributed by atoms with Crippen LogP contribution in [0.4, 0.5) is 17.1 Å². The van der Waals surface area contributed by atoms with Crippen LogP contribution in [0.15, 0.2) is 139 Å². The van der Waals surface area contributed by atoms with Gasteiger partial charge in [-0.05, 0) is 117 Å². The smallest absolute Gasteiger partial charge is 0.346 e. The molecule has 57 heavy (non-hydrogen) atoms. The molecule has 0 aliphatic heterocycles. The van der Waals surface area contributed by atoms with E-state index in [0.29, 0.717) is 0 Å². The summed E-state index contributed by atoms with van der Waals surface area (Å²) in [5.74, 6) is -1.21. The van der Waals surface area contributed by atoms with Crippen molar-refractivity contribution in [2.24, 2.45) is 0 Å². The number of carboxylic acids is 1. The van der Waals surface area contributed by atoms with E-state index in [2.05, 4.69) is 154 Å². The second-order valence-electron chi connectivity index (χ2n) is 15.8. The highest BCUT2D eigenvalue weighted by Gasteiger charge is 2.37. The fraction of sp³-hybridized carbons (Fsp3) is 0.120. The molecule has 7 heteroatoms. The molecule has 5 aromatic carbocycles. The molecule has 0 amide bonds. The third-order valence-electron chi connectivity index (χ3n) is 11.8. The Morgan fingerprint density at radius 3 is 1.65 bits per heavy atom. The standard InChI is InChI=1S/C50H36N2O2S3/c1-49(2)39-11-7-5-9-35(39)37-20-17-32(24-41(37)49)52(33-18-21-38-36-10-6-8-12-40(36)50(3,4)42(38)25-33)31-15-13-29(14-16-31)44-26-46-47(56-44)27-45(57-46)43-22-19-34(55-43)23-30(28-51)48(53)54/h5-27H,1-4H3,(H,53,54)/b30-23-. The van der Waals surface area contributed by atoms with Gasteiger partial charge in [-0.1, -0.05) is 100 Å². The Kier molecular flexibility index (Phi) is 8.07. The molecule has 2 aliphatic rings. The van der Waals surface area contributed by atoms with Crippen LogP contribution in [0, 0.1) is 11.3 Å². The number of hydrogen-bond donors (Lipinski definition) is 1. The zero-order valence-electron chi connectivity index (χ0n) is 31.8. The average molecular weight is 793 g/mol. The van der Waals surface area contributed by atoms with Crippen LogP contribution in [0.1, 0.15) is 54.8 Å². The Balaban J connectivity index is 1.02. The third-order valence-corrected chi connectivity index (χ3v) is 15.3. The van der Waals surface area contributed by atoms with Gasteiger partial charge in [-0.25, -0.2) is 4.79 Å². The van der Waals surface area contributed by atoms with E-state index >= 15 is 0 Å². The first-order valence-electron chi connectivity index (χ1n) is 18.9. The van der Waals surface area contributed by atoms with Crippen molar-refractivity contribution in [1.29, 1.82) is 5.26 Å². The van der Waals surface area contributed by atoms with E-state index in [1.54, 1.807) is 28.7 Å². The molecule has 276 valence electrons. The summed E-state index contributed by atoms with van der Waals surface area (Å²) in [6, 6.07) is 50.7. The summed E-state index contributed by atoms with van der Waals surface area (Å²) in [5, 5.41) is 18.4. The molecule has 0 radical (unpaired) electrons. The molecule has 0 atom stereocenters. The van der Waals surface area contributed by atoms with Crippen molar-refractivity contribution in [2.45, 2.75) is 38.5 Å². The van der Waals surface area contributed by atoms with Crippen LogP contribution in [0.2, 0.25) is 0 Å². The Labute approximate surface area is 343 Å². The van der Waals surface area contributed by atoms with E-state index in [4.69, 9.17) is 0 Å². The molecule has 0 unspecified atom stereocenters. The Morgan fingerprint density at radius 2 is 1.09 bits per heavy atom. The van der Waals surface area contributed by atoms with Crippen molar-refractivity contribution < 1.29 is 9.90 Å². The molecule has 0 saturated heterocycles. The number of nitrogens with zero attached hydrogens (tertiary/aromatic N) is 2. The summed E-state index contributed by atoms with van der Waals surface area (Å²) in [6.07, 6.45) is 1.43. The lowest BCUT2D eigenvalue weighted by atomic mass is 9.82. The zero-order valence-corrected chi connectivity index (χ0v) is 34.2. The second-order valence-corrected chi connectivity index (χ2v) is 19.1. The average Bonchev–Trinajstić information content (AvgIpc) is 4.02. The number of benzene rings is 5. The highest BCUT2D eigenvalue weighted by molar-refractivity contribution is 7.32. The summed E-state index contributed by atoms with van der Waals surface area (Å²) in [4.78, 5) is 17.9. The number of carbonyl (C=O) groups is 1. The molecule has 4 nitrogen and oxygen atoms in total. The van der Waals surface area contributed by atoms with Gasteiger partial charge in [0.1, 0.15) is 11.6 Å². The van der Waals surface area contributed by atoms with Gasteiger partial charge in [-0.15, -0.1) is 34.0 Å². The fourth-order valence-corrected chi connectivity index (χ4v) is 12.3. The molecule has 0 spiro atoms. The molecule has 2 aliphatic carbocycles. The van der Waals surface area contributed by atoms with Crippen LogP contribution in [0.25, 0.3) is 57.9 Å². The number of thiophene rings is 3. The highest BCUT2D eigenvalue weighted by atomic mass is 32.1. The summed E-state index contributed by atoms with van der Waals surface area (Å²) in [5.41, 5.74) is 14.7. The molecule has 0 fully saturated rings. The van der Waals surface area contributed by atoms with Gasteiger partial charge in [0.15, 0.2) is 0 Å². The maximum absolute atomic E-state index is 11.3. The second kappa shape index (κ2) is 13.0. The molecule has 3 heterocycles. The van der Waals surface area contributed by atoms with Gasteiger partial charge in [0.05, 0.1) is 0 Å². The van der Waals surface area contributed by atoms with Crippen molar-refractivity contribution in [1.82, 2.24) is 0 Å². The fourth-order valence-electron chi connectivity index (χ4n) is 8.83. The van der Waals surface area contributed by atoms with Crippen LogP contribution in [0.3, 0.4) is 0 Å². The maximum Gasteiger partial charge on any atom is 0.346 e. The summed E-state index contributed by atoms with van der Waals surface area (Å²) >= 11 is 5.01. The predicted molar refractivity (Wildman–Crippen MR) is 239 cm³/mol. The predicted octanol–water partition coefficient (Wildman–Crippen LogP) is 14.4. The molecule has 8 aromatic rings. The number of aliphatic carboxylic acids is 1. The van der Waals surface area contributed by atoms with Crippen molar-refractivity contribution >= 4 is 72.5 Å². The van der Waals surface area contributed by atoms with Crippen molar-refractivity contribution in [3.8, 4) is 48.5 Å². The number of nitriles is 1. The summed E-state index contributed by atoms with van der Waals surface area (Å²) in [7, 11) is 0. The lowest BCUT2D eigenvalue weighted by molar-refractivity contribution is -0.132. The van der Waals surface area contributed by atoms with Crippen molar-refractivity contribution in [3.63, 3.8) is 0 Å². The van der Waals surface area contributed by atoms with E-state index < -0.39 is 5.97 Å². The quantitative estimate of drug-likeness (QED) is 0.129. The molecule has 10 rings (SSSR count). The molecule has 0 bridgehead atoms. The molecular formula is C50H36N2O2S3. The normalized spacial score (nSPS) is 14.5. The first-order chi connectivity index (χ1) is 27.5. The largest absolute Gasteiger partial charge is 0.477 e. The maximum atomic E-state index is 11.3. The molecule has 3 aromatic heterocycles. The minimum Gasteiger partial charge on any atom is -0.477 e. The summed E-state index contributed by atoms with van der Waals surface area (Å²) in [6.45, 7) is 9.36. The topological polar surface area (TPSA) is 64.3 Å². The van der Waals surface area contributed by atoms with Gasteiger partial charge in [0.25, 0.3) is 0 Å². The van der Waals surface area contributed by atoms with E-state index in [0.717, 1.165) is 31.7 Å². The molecular weight excluding hydrogens is 757 g/mol. The monoisotopic (exact) mass is 792 g/mol. The number of carboxylic acid groups (broad SMARTS) is 1. The number of rotatable bonds is 7. The van der Waals surface area contributed by atoms with Gasteiger partial charge >= 0.3 is 5.97 Å². The van der Waals surface area contributed by atoms with Crippen LogP contribution < -0.4 is 4.90 Å². The van der Waals surface area contributed by atoms with E-state index in [1.165, 1.54) is 81.8 Å². The first-order valence-corrected chi connectivity index (χ1v) is 21.3. The van der Waals surface area contributed by atoms with Gasteiger partial charge in [-0.3, -0.25) is 0 Å². The van der Waals surface area contributed by atoms with E-state index in [9.17, 15) is 15.2 Å². The third kappa shape index (κ3) is 5.62. The number of hydrogen-bond acceptors (Lipinski definition) is 6. The Hall–Kier alpha value is -6.04. The van der Waals surface area contributed by atoms with Crippen LogP contribution in [-0.2, 0) is 15.6 Å². The molecule has 0 saturated carbocycles. The number of anilines is 3. The number of fused-ring (bicyclic) bond motifs is 7. The lowest BCUT2D eigenvalue weighted by Gasteiger charge is -2.30. The van der Waals surface area contributed by atoms with E-state index in [1.807, 2.05) is 12.1 Å².